The van der Waals surface area contributed by atoms with Crippen LogP contribution < -0.4 is 0 Å². The van der Waals surface area contributed by atoms with Crippen LogP contribution in [-0.4, -0.2) is 22.9 Å². The maximum absolute atomic E-state index is 13.8. The number of nitrogens with zero attached hydrogens (tertiary/aromatic N) is 1. The number of likely N-dealkylation sites (tertiary alicyclic amines) is 1. The van der Waals surface area contributed by atoms with Crippen LogP contribution in [0.1, 0.15) is 43.5 Å². The molecule has 0 unspecified atom stereocenters. The van der Waals surface area contributed by atoms with Crippen molar-refractivity contribution in [3.63, 3.8) is 0 Å². The molecule has 0 bridgehead atoms. The molecule has 2 atom stereocenters. The quantitative estimate of drug-likeness (QED) is 0.767. The minimum absolute atomic E-state index is 0.157. The third kappa shape index (κ3) is 2.58. The van der Waals surface area contributed by atoms with Crippen LogP contribution >= 0.6 is 15.9 Å². The number of carbonyl (C=O) groups excluding carboxylic acids is 1. The van der Waals surface area contributed by atoms with Gasteiger partial charge in [-0.3, -0.25) is 4.79 Å². The fourth-order valence-electron chi connectivity index (χ4n) is 2.62. The van der Waals surface area contributed by atoms with Crippen LogP contribution in [0.25, 0.3) is 0 Å². The van der Waals surface area contributed by atoms with Crippen LogP contribution in [0.2, 0.25) is 0 Å². The van der Waals surface area contributed by atoms with Crippen molar-refractivity contribution in [2.24, 2.45) is 0 Å². The number of hydrogen-bond acceptors (Lipinski definition) is 1. The molecule has 0 spiro atoms. The topological polar surface area (TPSA) is 20.3 Å². The monoisotopic (exact) mass is 313 g/mol. The molecule has 0 aliphatic carbocycles. The lowest BCUT2D eigenvalue weighted by molar-refractivity contribution is 0.0506. The van der Waals surface area contributed by atoms with Gasteiger partial charge in [0.1, 0.15) is 5.82 Å². The molecule has 1 aromatic carbocycles. The molecular formula is C14H17BrFNO. The first-order valence-corrected chi connectivity index (χ1v) is 7.07. The number of benzene rings is 1. The summed E-state index contributed by atoms with van der Waals surface area (Å²) in [5.41, 5.74) is 0.157. The Morgan fingerprint density at radius 1 is 1.33 bits per heavy atom. The van der Waals surface area contributed by atoms with Gasteiger partial charge in [-0.05, 0) is 51.3 Å². The molecule has 0 N–H and O–H groups in total. The summed E-state index contributed by atoms with van der Waals surface area (Å²) in [6.07, 6.45) is 3.12. The molecule has 98 valence electrons. The number of rotatable bonds is 1. The van der Waals surface area contributed by atoms with E-state index < -0.39 is 5.82 Å². The molecule has 2 rings (SSSR count). The van der Waals surface area contributed by atoms with Crippen LogP contribution in [0.4, 0.5) is 4.39 Å². The Balaban J connectivity index is 2.32. The molecule has 1 aromatic rings. The smallest absolute Gasteiger partial charge is 0.257 e. The first-order valence-electron chi connectivity index (χ1n) is 6.28. The van der Waals surface area contributed by atoms with Gasteiger partial charge in [0, 0.05) is 16.6 Å². The largest absolute Gasteiger partial charge is 0.333 e. The molecule has 0 aromatic heterocycles. The Bertz CT molecular complexity index is 453. The van der Waals surface area contributed by atoms with Gasteiger partial charge in [0.25, 0.3) is 5.91 Å². The molecular weight excluding hydrogens is 297 g/mol. The third-order valence-corrected chi connectivity index (χ3v) is 4.08. The van der Waals surface area contributed by atoms with E-state index in [1.165, 1.54) is 6.07 Å². The molecule has 1 aliphatic rings. The maximum Gasteiger partial charge on any atom is 0.257 e. The van der Waals surface area contributed by atoms with Crippen LogP contribution in [0.3, 0.4) is 0 Å². The maximum atomic E-state index is 13.8. The van der Waals surface area contributed by atoms with Gasteiger partial charge < -0.3 is 4.90 Å². The minimum atomic E-state index is -0.451. The Hall–Kier alpha value is -0.900. The van der Waals surface area contributed by atoms with E-state index >= 15 is 0 Å². The van der Waals surface area contributed by atoms with Crippen LogP contribution in [-0.2, 0) is 0 Å². The molecule has 0 radical (unpaired) electrons. The highest BCUT2D eigenvalue weighted by atomic mass is 79.9. The fourth-order valence-corrected chi connectivity index (χ4v) is 2.98. The summed E-state index contributed by atoms with van der Waals surface area (Å²) in [5.74, 6) is -0.651. The zero-order valence-corrected chi connectivity index (χ0v) is 12.2. The van der Waals surface area contributed by atoms with Gasteiger partial charge >= 0.3 is 0 Å². The van der Waals surface area contributed by atoms with E-state index in [0.29, 0.717) is 0 Å². The Morgan fingerprint density at radius 3 is 2.56 bits per heavy atom. The van der Waals surface area contributed by atoms with E-state index in [1.54, 1.807) is 12.1 Å². The molecule has 1 fully saturated rings. The number of piperidine rings is 1. The molecule has 0 saturated carbocycles. The number of halogens is 2. The second-order valence-electron chi connectivity index (χ2n) is 4.97. The molecule has 1 amide bonds. The summed E-state index contributed by atoms with van der Waals surface area (Å²) in [4.78, 5) is 14.3. The van der Waals surface area contributed by atoms with Crippen molar-refractivity contribution in [2.45, 2.75) is 45.2 Å². The van der Waals surface area contributed by atoms with Crippen LogP contribution in [0.15, 0.2) is 22.7 Å². The Morgan fingerprint density at radius 2 is 1.94 bits per heavy atom. The first-order chi connectivity index (χ1) is 8.50. The van der Waals surface area contributed by atoms with Crippen molar-refractivity contribution in [3.8, 4) is 0 Å². The van der Waals surface area contributed by atoms with Crippen LogP contribution in [0.5, 0.6) is 0 Å². The van der Waals surface area contributed by atoms with E-state index in [-0.39, 0.29) is 23.6 Å². The van der Waals surface area contributed by atoms with Crippen molar-refractivity contribution >= 4 is 21.8 Å². The van der Waals surface area contributed by atoms with Gasteiger partial charge in [-0.1, -0.05) is 15.9 Å². The number of amides is 1. The number of hydrogen-bond donors (Lipinski definition) is 0. The molecule has 2 nitrogen and oxygen atoms in total. The highest BCUT2D eigenvalue weighted by Gasteiger charge is 2.30. The Labute approximate surface area is 115 Å². The highest BCUT2D eigenvalue weighted by molar-refractivity contribution is 9.10. The van der Waals surface area contributed by atoms with Gasteiger partial charge in [0.05, 0.1) is 5.56 Å². The fraction of sp³-hybridized carbons (Fsp3) is 0.500. The van der Waals surface area contributed by atoms with Gasteiger partial charge in [0.2, 0.25) is 0 Å². The van der Waals surface area contributed by atoms with Gasteiger partial charge in [0.15, 0.2) is 0 Å². The average Bonchev–Trinajstić information content (AvgIpc) is 2.32. The molecule has 4 heteroatoms. The third-order valence-electron chi connectivity index (χ3n) is 3.59. The van der Waals surface area contributed by atoms with Gasteiger partial charge in [-0.25, -0.2) is 4.39 Å². The second-order valence-corrected chi connectivity index (χ2v) is 5.88. The first kappa shape index (κ1) is 13.5. The lowest BCUT2D eigenvalue weighted by atomic mass is 9.96. The molecule has 1 aliphatic heterocycles. The lowest BCUT2D eigenvalue weighted by Crippen LogP contribution is -2.47. The second kappa shape index (κ2) is 5.39. The van der Waals surface area contributed by atoms with Crippen LogP contribution in [0, 0.1) is 5.82 Å². The summed E-state index contributed by atoms with van der Waals surface area (Å²) in [6, 6.07) is 4.86. The highest BCUT2D eigenvalue weighted by Crippen LogP contribution is 2.26. The lowest BCUT2D eigenvalue weighted by Gasteiger charge is -2.39. The standard InChI is InChI=1S/C14H17BrFNO/c1-9-4-3-5-10(2)17(9)14(18)12-8-11(15)6-7-13(12)16/h6-10H,3-5H2,1-2H3/t9-,10+. The average molecular weight is 314 g/mol. The predicted octanol–water partition coefficient (Wildman–Crippen LogP) is 3.99. The molecule has 18 heavy (non-hydrogen) atoms. The number of carbonyl (C=O) groups is 1. The summed E-state index contributed by atoms with van der Waals surface area (Å²) < 4.78 is 14.5. The summed E-state index contributed by atoms with van der Waals surface area (Å²) >= 11 is 3.28. The predicted molar refractivity (Wildman–Crippen MR) is 73.0 cm³/mol. The SMILES string of the molecule is C[C@@H]1CCC[C@H](C)N1C(=O)c1cc(Br)ccc1F. The van der Waals surface area contributed by atoms with E-state index in [4.69, 9.17) is 0 Å². The van der Waals surface area contributed by atoms with Crippen molar-refractivity contribution < 1.29 is 9.18 Å². The molecule has 1 heterocycles. The van der Waals surface area contributed by atoms with Gasteiger partial charge in [-0.2, -0.15) is 0 Å². The van der Waals surface area contributed by atoms with Crippen molar-refractivity contribution in [1.82, 2.24) is 4.90 Å². The summed E-state index contributed by atoms with van der Waals surface area (Å²) in [5, 5.41) is 0. The van der Waals surface area contributed by atoms with Gasteiger partial charge in [-0.15, -0.1) is 0 Å². The van der Waals surface area contributed by atoms with Crippen molar-refractivity contribution in [3.05, 3.63) is 34.1 Å². The van der Waals surface area contributed by atoms with Crippen molar-refractivity contribution in [2.75, 3.05) is 0 Å². The normalized spacial score (nSPS) is 24.1. The Kier molecular flexibility index (Phi) is 4.05. The minimum Gasteiger partial charge on any atom is -0.333 e. The van der Waals surface area contributed by atoms with E-state index in [0.717, 1.165) is 23.7 Å². The summed E-state index contributed by atoms with van der Waals surface area (Å²) in [6.45, 7) is 4.06. The van der Waals surface area contributed by atoms with Crippen molar-refractivity contribution in [1.29, 1.82) is 0 Å². The molecule has 1 saturated heterocycles. The van der Waals surface area contributed by atoms with E-state index in [1.807, 2.05) is 18.7 Å². The zero-order chi connectivity index (χ0) is 13.3. The van der Waals surface area contributed by atoms with E-state index in [9.17, 15) is 9.18 Å². The zero-order valence-electron chi connectivity index (χ0n) is 10.6. The summed E-state index contributed by atoms with van der Waals surface area (Å²) in [7, 11) is 0. The van der Waals surface area contributed by atoms with E-state index in [2.05, 4.69) is 15.9 Å².